The molecule has 188 valence electrons. The van der Waals surface area contributed by atoms with Crippen molar-refractivity contribution >= 4 is 23.6 Å². The standard InChI is InChI=1S/2C14H15NO3/c2*16-10-5-3-4-9(8-10)15-13(17)11-6-1-2-7-12(11)14(15)18/h2*1-2,6-7,9-10,16H,3-5,8H2/t2*9-,10-/m10/s1. The van der Waals surface area contributed by atoms with E-state index in [1.807, 2.05) is 0 Å². The number of carbonyl (C=O) groups excluding carboxylic acids is 4. The zero-order chi connectivity index (χ0) is 25.4. The van der Waals surface area contributed by atoms with Crippen molar-refractivity contribution in [1.29, 1.82) is 0 Å². The highest BCUT2D eigenvalue weighted by Crippen LogP contribution is 2.32. The molecule has 4 atom stereocenters. The molecule has 0 saturated heterocycles. The molecule has 0 spiro atoms. The Morgan fingerprint density at radius 3 is 1.11 bits per heavy atom. The predicted molar refractivity (Wildman–Crippen MR) is 130 cm³/mol. The van der Waals surface area contributed by atoms with Gasteiger partial charge in [-0.3, -0.25) is 29.0 Å². The van der Waals surface area contributed by atoms with Crippen molar-refractivity contribution in [3.63, 3.8) is 0 Å². The third kappa shape index (κ3) is 4.35. The largest absolute Gasteiger partial charge is 0.393 e. The van der Waals surface area contributed by atoms with E-state index in [0.717, 1.165) is 38.5 Å². The molecule has 0 radical (unpaired) electrons. The molecule has 0 unspecified atom stereocenters. The molecule has 8 heteroatoms. The lowest BCUT2D eigenvalue weighted by Gasteiger charge is -2.31. The van der Waals surface area contributed by atoms with Crippen LogP contribution in [0.3, 0.4) is 0 Å². The van der Waals surface area contributed by atoms with Crippen molar-refractivity contribution in [2.75, 3.05) is 0 Å². The molecule has 8 nitrogen and oxygen atoms in total. The van der Waals surface area contributed by atoms with E-state index < -0.39 is 12.2 Å². The van der Waals surface area contributed by atoms with Crippen LogP contribution in [0.4, 0.5) is 0 Å². The van der Waals surface area contributed by atoms with Crippen molar-refractivity contribution in [2.45, 2.75) is 75.7 Å². The summed E-state index contributed by atoms with van der Waals surface area (Å²) in [6.07, 6.45) is 5.06. The quantitative estimate of drug-likeness (QED) is 0.625. The smallest absolute Gasteiger partial charge is 0.261 e. The Bertz CT molecular complexity index is 1050. The third-order valence-corrected chi connectivity index (χ3v) is 7.62. The van der Waals surface area contributed by atoms with Gasteiger partial charge in [-0.15, -0.1) is 0 Å². The minimum Gasteiger partial charge on any atom is -0.393 e. The lowest BCUT2D eigenvalue weighted by Crippen LogP contribution is -2.43. The van der Waals surface area contributed by atoms with Gasteiger partial charge in [0.15, 0.2) is 0 Å². The number of rotatable bonds is 2. The molecular weight excluding hydrogens is 460 g/mol. The molecule has 2 N–H and O–H groups in total. The van der Waals surface area contributed by atoms with E-state index in [0.29, 0.717) is 35.1 Å². The number of carbonyl (C=O) groups is 4. The Labute approximate surface area is 209 Å². The molecule has 6 rings (SSSR count). The molecule has 2 saturated carbocycles. The van der Waals surface area contributed by atoms with Gasteiger partial charge in [0, 0.05) is 12.1 Å². The summed E-state index contributed by atoms with van der Waals surface area (Å²) in [5.41, 5.74) is 1.95. The number of benzene rings is 2. The lowest BCUT2D eigenvalue weighted by atomic mass is 9.92. The zero-order valence-corrected chi connectivity index (χ0v) is 20.0. The first kappa shape index (κ1) is 24.3. The maximum atomic E-state index is 12.2. The first-order valence-corrected chi connectivity index (χ1v) is 12.7. The van der Waals surface area contributed by atoms with E-state index in [-0.39, 0.29) is 35.7 Å². The van der Waals surface area contributed by atoms with Crippen LogP contribution < -0.4 is 0 Å². The van der Waals surface area contributed by atoms with Crippen LogP contribution in [0.1, 0.15) is 92.8 Å². The van der Waals surface area contributed by atoms with Crippen LogP contribution in [0.2, 0.25) is 0 Å². The molecule has 2 aliphatic carbocycles. The van der Waals surface area contributed by atoms with Gasteiger partial charge in [0.05, 0.1) is 34.5 Å². The van der Waals surface area contributed by atoms with Gasteiger partial charge < -0.3 is 10.2 Å². The Morgan fingerprint density at radius 1 is 0.528 bits per heavy atom. The van der Waals surface area contributed by atoms with Crippen molar-refractivity contribution in [1.82, 2.24) is 9.80 Å². The van der Waals surface area contributed by atoms with Gasteiger partial charge in [0.2, 0.25) is 0 Å². The zero-order valence-electron chi connectivity index (χ0n) is 20.0. The Kier molecular flexibility index (Phi) is 6.73. The monoisotopic (exact) mass is 490 g/mol. The van der Waals surface area contributed by atoms with E-state index >= 15 is 0 Å². The number of imide groups is 2. The number of fused-ring (bicyclic) bond motifs is 2. The maximum Gasteiger partial charge on any atom is 0.261 e. The topological polar surface area (TPSA) is 115 Å². The van der Waals surface area contributed by atoms with E-state index in [1.54, 1.807) is 48.5 Å². The van der Waals surface area contributed by atoms with Crippen LogP contribution in [0.5, 0.6) is 0 Å². The average Bonchev–Trinajstić information content (AvgIpc) is 3.29. The second-order valence-corrected chi connectivity index (χ2v) is 10.0. The fourth-order valence-corrected chi connectivity index (χ4v) is 5.83. The van der Waals surface area contributed by atoms with Crippen LogP contribution in [0.15, 0.2) is 48.5 Å². The fourth-order valence-electron chi connectivity index (χ4n) is 5.83. The van der Waals surface area contributed by atoms with Gasteiger partial charge in [-0.05, 0) is 75.6 Å². The molecule has 0 bridgehead atoms. The molecule has 2 fully saturated rings. The van der Waals surface area contributed by atoms with Crippen LogP contribution in [0.25, 0.3) is 0 Å². The summed E-state index contributed by atoms with van der Waals surface area (Å²) in [7, 11) is 0. The Morgan fingerprint density at radius 2 is 0.833 bits per heavy atom. The highest BCUT2D eigenvalue weighted by atomic mass is 16.3. The fraction of sp³-hybridized carbons (Fsp3) is 0.429. The average molecular weight is 491 g/mol. The predicted octanol–water partition coefficient (Wildman–Crippen LogP) is 3.17. The summed E-state index contributed by atoms with van der Waals surface area (Å²) in [6.45, 7) is 0. The van der Waals surface area contributed by atoms with Gasteiger partial charge in [0.25, 0.3) is 23.6 Å². The summed E-state index contributed by atoms with van der Waals surface area (Å²) >= 11 is 0. The summed E-state index contributed by atoms with van der Waals surface area (Å²) in [6, 6.07) is 13.5. The Balaban J connectivity index is 0.000000148. The Hall–Kier alpha value is -3.36. The van der Waals surface area contributed by atoms with Gasteiger partial charge in [0.1, 0.15) is 0 Å². The number of hydrogen-bond acceptors (Lipinski definition) is 6. The molecular formula is C28H30N2O6. The van der Waals surface area contributed by atoms with Gasteiger partial charge in [-0.25, -0.2) is 0 Å². The summed E-state index contributed by atoms with van der Waals surface area (Å²) in [5, 5.41) is 19.4. The third-order valence-electron chi connectivity index (χ3n) is 7.62. The van der Waals surface area contributed by atoms with E-state index in [1.165, 1.54) is 9.80 Å². The maximum absolute atomic E-state index is 12.2. The number of hydrogen-bond donors (Lipinski definition) is 2. The van der Waals surface area contributed by atoms with E-state index in [2.05, 4.69) is 0 Å². The summed E-state index contributed by atoms with van der Waals surface area (Å²) < 4.78 is 0. The SMILES string of the molecule is O=C1c2ccccc2C(=O)N1[C@@H]1CCC[C@@H](O)C1.O=C1c2ccccc2C(=O)N1[C@H]1CCC[C@H](O)C1. The molecule has 2 aromatic carbocycles. The van der Waals surface area contributed by atoms with Crippen LogP contribution in [-0.2, 0) is 0 Å². The molecule has 2 aromatic rings. The van der Waals surface area contributed by atoms with E-state index in [4.69, 9.17) is 0 Å². The lowest BCUT2D eigenvalue weighted by molar-refractivity contribution is 0.0397. The van der Waals surface area contributed by atoms with Gasteiger partial charge in [-0.2, -0.15) is 0 Å². The molecule has 2 heterocycles. The van der Waals surface area contributed by atoms with Crippen molar-refractivity contribution < 1.29 is 29.4 Å². The minimum absolute atomic E-state index is 0.152. The molecule has 4 amide bonds. The first-order valence-electron chi connectivity index (χ1n) is 12.7. The summed E-state index contributed by atoms with van der Waals surface area (Å²) in [5.74, 6) is -0.853. The van der Waals surface area contributed by atoms with Crippen LogP contribution >= 0.6 is 0 Å². The van der Waals surface area contributed by atoms with Gasteiger partial charge in [-0.1, -0.05) is 24.3 Å². The normalized spacial score (nSPS) is 27.5. The van der Waals surface area contributed by atoms with Crippen LogP contribution in [-0.4, -0.2) is 67.9 Å². The second-order valence-electron chi connectivity index (χ2n) is 10.0. The minimum atomic E-state index is -0.395. The number of nitrogens with zero attached hydrogens (tertiary/aromatic N) is 2. The molecule has 36 heavy (non-hydrogen) atoms. The van der Waals surface area contributed by atoms with Crippen LogP contribution in [0, 0.1) is 0 Å². The van der Waals surface area contributed by atoms with Crippen molar-refractivity contribution in [3.8, 4) is 0 Å². The van der Waals surface area contributed by atoms with Crippen molar-refractivity contribution in [2.24, 2.45) is 0 Å². The van der Waals surface area contributed by atoms with Gasteiger partial charge >= 0.3 is 0 Å². The molecule has 4 aliphatic rings. The van der Waals surface area contributed by atoms with E-state index in [9.17, 15) is 29.4 Å². The number of aliphatic hydroxyl groups is 2. The first-order chi connectivity index (χ1) is 17.4. The molecule has 2 aliphatic heterocycles. The summed E-state index contributed by atoms with van der Waals surface area (Å²) in [4.78, 5) is 51.6. The number of amides is 4. The molecule has 0 aromatic heterocycles. The van der Waals surface area contributed by atoms with Crippen molar-refractivity contribution in [3.05, 3.63) is 70.8 Å². The second kappa shape index (κ2) is 9.95. The highest BCUT2D eigenvalue weighted by molar-refractivity contribution is 6.22. The number of aliphatic hydroxyl groups excluding tert-OH is 2. The highest BCUT2D eigenvalue weighted by Gasteiger charge is 2.42.